The maximum Gasteiger partial charge on any atom is 0.387 e. The highest BCUT2D eigenvalue weighted by Crippen LogP contribution is 2.24. The number of oxazole rings is 1. The highest BCUT2D eigenvalue weighted by Gasteiger charge is 2.37. The summed E-state index contributed by atoms with van der Waals surface area (Å²) in [6, 6.07) is 9.60. The van der Waals surface area contributed by atoms with Crippen molar-refractivity contribution in [3.05, 3.63) is 60.0 Å². The summed E-state index contributed by atoms with van der Waals surface area (Å²) in [5.41, 5.74) is 0.656. The van der Waals surface area contributed by atoms with Gasteiger partial charge in [0.2, 0.25) is 0 Å². The van der Waals surface area contributed by atoms with E-state index < -0.39 is 51.8 Å². The Labute approximate surface area is 253 Å². The van der Waals surface area contributed by atoms with E-state index in [0.29, 0.717) is 23.9 Å². The minimum absolute atomic E-state index is 0.0548. The number of para-hydroxylation sites is 3. The molecule has 4 amide bonds. The van der Waals surface area contributed by atoms with Crippen LogP contribution in [0.15, 0.2) is 52.9 Å². The zero-order valence-corrected chi connectivity index (χ0v) is 24.9. The number of carbonyl (C=O) groups is 3. The number of hydrogen-bond donors (Lipinski definition) is 1. The summed E-state index contributed by atoms with van der Waals surface area (Å²) < 4.78 is 68.1. The normalized spacial score (nSPS) is 14.4. The third-order valence-corrected chi connectivity index (χ3v) is 8.44. The number of unbranched alkanes of at least 4 members (excludes halogenated alkanes) is 2. The molecule has 2 heterocycles. The first-order chi connectivity index (χ1) is 21.1. The van der Waals surface area contributed by atoms with Crippen molar-refractivity contribution in [2.24, 2.45) is 0 Å². The van der Waals surface area contributed by atoms with Crippen molar-refractivity contribution < 1.29 is 45.5 Å². The number of ether oxygens (including phenoxy) is 2. The molecule has 2 aromatic carbocycles. The van der Waals surface area contributed by atoms with Crippen LogP contribution in [0.2, 0.25) is 0 Å². The van der Waals surface area contributed by atoms with Gasteiger partial charge in [0.05, 0.1) is 24.7 Å². The number of morpholine rings is 1. The second-order valence-electron chi connectivity index (χ2n) is 10.1. The van der Waals surface area contributed by atoms with E-state index in [4.69, 9.17) is 9.15 Å². The molecule has 1 aromatic heterocycles. The number of sulfone groups is 1. The summed E-state index contributed by atoms with van der Waals surface area (Å²) in [6.07, 6.45) is 1.84. The van der Waals surface area contributed by atoms with Crippen LogP contribution in [0.3, 0.4) is 0 Å². The van der Waals surface area contributed by atoms with Gasteiger partial charge in [-0.25, -0.2) is 18.2 Å². The Morgan fingerprint density at radius 1 is 1.07 bits per heavy atom. The number of carbonyl (C=O) groups excluding carboxylic acids is 3. The topological polar surface area (TPSA) is 148 Å². The molecule has 0 radical (unpaired) electrons. The zero-order chi connectivity index (χ0) is 31.7. The fourth-order valence-electron chi connectivity index (χ4n) is 4.66. The Bertz CT molecular complexity index is 1530. The van der Waals surface area contributed by atoms with Gasteiger partial charge in [-0.15, -0.1) is 0 Å². The Morgan fingerprint density at radius 2 is 1.77 bits per heavy atom. The van der Waals surface area contributed by atoms with Crippen LogP contribution in [0, 0.1) is 0 Å². The first-order valence-electron chi connectivity index (χ1n) is 14.2. The highest BCUT2D eigenvalue weighted by molar-refractivity contribution is 7.90. The van der Waals surface area contributed by atoms with Gasteiger partial charge < -0.3 is 24.1 Å². The molecule has 0 aliphatic carbocycles. The van der Waals surface area contributed by atoms with E-state index in [0.717, 1.165) is 11.3 Å². The van der Waals surface area contributed by atoms with Crippen LogP contribution in [0.4, 0.5) is 13.6 Å². The van der Waals surface area contributed by atoms with Gasteiger partial charge in [-0.1, -0.05) is 50.1 Å². The van der Waals surface area contributed by atoms with Crippen LogP contribution in [-0.4, -0.2) is 92.3 Å². The number of urea groups is 1. The van der Waals surface area contributed by atoms with Crippen molar-refractivity contribution in [1.29, 1.82) is 0 Å². The predicted octanol–water partition coefficient (Wildman–Crippen LogP) is 3.61. The van der Waals surface area contributed by atoms with E-state index in [1.807, 2.05) is 6.92 Å². The van der Waals surface area contributed by atoms with E-state index in [1.165, 1.54) is 29.2 Å². The van der Waals surface area contributed by atoms with Crippen LogP contribution in [0.25, 0.3) is 11.1 Å². The molecule has 1 unspecified atom stereocenters. The molecular formula is C29H34F2N4O8S. The summed E-state index contributed by atoms with van der Waals surface area (Å²) >= 11 is 0. The van der Waals surface area contributed by atoms with Crippen LogP contribution in [0.5, 0.6) is 5.75 Å². The number of benzene rings is 2. The van der Waals surface area contributed by atoms with E-state index in [1.54, 1.807) is 24.3 Å². The number of amides is 4. The molecular weight excluding hydrogens is 602 g/mol. The van der Waals surface area contributed by atoms with Gasteiger partial charge in [-0.3, -0.25) is 14.5 Å². The minimum Gasteiger partial charge on any atom is -0.435 e. The lowest BCUT2D eigenvalue weighted by Crippen LogP contribution is -2.57. The Morgan fingerprint density at radius 3 is 2.48 bits per heavy atom. The standard InChI is InChI=1S/C29H34F2N4O8S/c1-2-3-8-13-35(27(37)25-32-21-10-5-7-12-24(21)42-25)26(36)22(33-29(38)34-14-16-41-17-15-34)19-44(39,40)18-20-9-4-6-11-23(20)43-28(30)31/h4-7,9-12,22,28H,2-3,8,13-19H2,1H3,(H,33,38). The van der Waals surface area contributed by atoms with Gasteiger partial charge in [0, 0.05) is 25.2 Å². The number of nitrogens with zero attached hydrogens (tertiary/aromatic N) is 3. The second kappa shape index (κ2) is 15.1. The van der Waals surface area contributed by atoms with Crippen molar-refractivity contribution in [2.75, 3.05) is 38.6 Å². The van der Waals surface area contributed by atoms with Gasteiger partial charge in [-0.05, 0) is 24.6 Å². The van der Waals surface area contributed by atoms with Gasteiger partial charge >= 0.3 is 18.5 Å². The highest BCUT2D eigenvalue weighted by atomic mass is 32.2. The number of aromatic nitrogens is 1. The Kier molecular flexibility index (Phi) is 11.2. The first-order valence-corrected chi connectivity index (χ1v) is 16.0. The van der Waals surface area contributed by atoms with E-state index in [-0.39, 0.29) is 50.1 Å². The summed E-state index contributed by atoms with van der Waals surface area (Å²) in [6.45, 7) is -0.410. The number of nitrogens with one attached hydrogen (secondary N) is 1. The fourth-order valence-corrected chi connectivity index (χ4v) is 6.23. The third kappa shape index (κ3) is 8.72. The van der Waals surface area contributed by atoms with Gasteiger partial charge in [0.25, 0.3) is 11.8 Å². The SMILES string of the molecule is CCCCCN(C(=O)c1nc2ccccc2o1)C(=O)C(CS(=O)(=O)Cc1ccccc1OC(F)F)NC(=O)N1CCOCC1. The molecule has 1 fully saturated rings. The van der Waals surface area contributed by atoms with E-state index in [9.17, 15) is 31.6 Å². The van der Waals surface area contributed by atoms with Crippen molar-refractivity contribution in [1.82, 2.24) is 20.1 Å². The molecule has 238 valence electrons. The van der Waals surface area contributed by atoms with Crippen molar-refractivity contribution in [2.45, 2.75) is 44.6 Å². The quantitative estimate of drug-likeness (QED) is 0.278. The van der Waals surface area contributed by atoms with E-state index in [2.05, 4.69) is 15.0 Å². The van der Waals surface area contributed by atoms with Crippen LogP contribution in [0.1, 0.15) is 42.4 Å². The molecule has 1 aliphatic rings. The van der Waals surface area contributed by atoms with Gasteiger partial charge in [-0.2, -0.15) is 8.78 Å². The van der Waals surface area contributed by atoms with Gasteiger partial charge in [0.1, 0.15) is 17.3 Å². The Hall–Kier alpha value is -4.11. The third-order valence-electron chi connectivity index (χ3n) is 6.85. The average Bonchev–Trinajstić information content (AvgIpc) is 3.44. The van der Waals surface area contributed by atoms with Crippen molar-refractivity contribution in [3.63, 3.8) is 0 Å². The number of rotatable bonds is 13. The molecule has 1 aliphatic heterocycles. The number of halogens is 2. The lowest BCUT2D eigenvalue weighted by atomic mass is 10.2. The van der Waals surface area contributed by atoms with Crippen molar-refractivity contribution >= 4 is 38.8 Å². The second-order valence-corrected chi connectivity index (χ2v) is 12.2. The monoisotopic (exact) mass is 636 g/mol. The lowest BCUT2D eigenvalue weighted by Gasteiger charge is -2.30. The summed E-state index contributed by atoms with van der Waals surface area (Å²) in [4.78, 5) is 47.2. The Balaban J connectivity index is 1.64. The first kappa shape index (κ1) is 32.8. The molecule has 1 N–H and O–H groups in total. The van der Waals surface area contributed by atoms with Crippen LogP contribution < -0.4 is 10.1 Å². The van der Waals surface area contributed by atoms with Crippen molar-refractivity contribution in [3.8, 4) is 5.75 Å². The average molecular weight is 637 g/mol. The summed E-state index contributed by atoms with van der Waals surface area (Å²) in [7, 11) is -4.26. The largest absolute Gasteiger partial charge is 0.435 e. The molecule has 4 rings (SSSR count). The molecule has 1 saturated heterocycles. The molecule has 0 saturated carbocycles. The number of fused-ring (bicyclic) bond motifs is 1. The predicted molar refractivity (Wildman–Crippen MR) is 155 cm³/mol. The van der Waals surface area contributed by atoms with Gasteiger partial charge in [0.15, 0.2) is 15.4 Å². The minimum atomic E-state index is -4.26. The smallest absolute Gasteiger partial charge is 0.387 e. The molecule has 44 heavy (non-hydrogen) atoms. The zero-order valence-electron chi connectivity index (χ0n) is 24.1. The molecule has 1 atom stereocenters. The number of imide groups is 1. The van der Waals surface area contributed by atoms with E-state index >= 15 is 0 Å². The molecule has 3 aromatic rings. The number of alkyl halides is 2. The molecule has 0 spiro atoms. The molecule has 0 bridgehead atoms. The maximum absolute atomic E-state index is 14.0. The number of hydrogen-bond acceptors (Lipinski definition) is 9. The maximum atomic E-state index is 14.0. The summed E-state index contributed by atoms with van der Waals surface area (Å²) in [5.74, 6) is -4.25. The summed E-state index contributed by atoms with van der Waals surface area (Å²) in [5, 5.41) is 2.49. The molecule has 12 nitrogen and oxygen atoms in total. The fraction of sp³-hybridized carbons (Fsp3) is 0.448. The molecule has 15 heteroatoms. The van der Waals surface area contributed by atoms with Crippen LogP contribution >= 0.6 is 0 Å². The van der Waals surface area contributed by atoms with Crippen LogP contribution in [-0.2, 0) is 25.1 Å². The lowest BCUT2D eigenvalue weighted by molar-refractivity contribution is -0.130.